The van der Waals surface area contributed by atoms with Crippen LogP contribution in [-0.4, -0.2) is 34.9 Å². The van der Waals surface area contributed by atoms with Gasteiger partial charge in [-0.2, -0.15) is 52.7 Å². The zero-order valence-corrected chi connectivity index (χ0v) is 14.2. The Kier molecular flexibility index (Phi) is 6.05. The van der Waals surface area contributed by atoms with Crippen molar-refractivity contribution in [3.05, 3.63) is 34.9 Å². The molecule has 0 heterocycles. The summed E-state index contributed by atoms with van der Waals surface area (Å²) in [6, 6.07) is -0.863. The Morgan fingerprint density at radius 3 is 0.966 bits per heavy atom. The van der Waals surface area contributed by atoms with Crippen molar-refractivity contribution in [2.24, 2.45) is 0 Å². The third kappa shape index (κ3) is 4.00. The van der Waals surface area contributed by atoms with Gasteiger partial charge in [-0.15, -0.1) is 0 Å². The van der Waals surface area contributed by atoms with Crippen LogP contribution in [0.25, 0.3) is 0 Å². The Morgan fingerprint density at radius 2 is 0.793 bits per heavy atom. The number of aliphatic hydroxyl groups is 2. The van der Waals surface area contributed by atoms with Crippen LogP contribution in [0.5, 0.6) is 0 Å². The van der Waals surface area contributed by atoms with Crippen molar-refractivity contribution in [2.45, 2.75) is 55.7 Å². The Hall–Kier alpha value is -1.70. The number of hydrogen-bond donors (Lipinski definition) is 2. The molecule has 1 aromatic rings. The third-order valence-electron chi connectivity index (χ3n) is 4.10. The SMILES string of the molecule is CC(C)c1cc(C(O)(C(F)(F)F)C(F)(F)F)cc(C(O)(C(F)(F)F)C(F)(F)F)c1. The molecule has 0 spiro atoms. The smallest absolute Gasteiger partial charge is 0.369 e. The fourth-order valence-electron chi connectivity index (χ4n) is 2.38. The summed E-state index contributed by atoms with van der Waals surface area (Å²) in [6.45, 7) is 2.09. The van der Waals surface area contributed by atoms with Gasteiger partial charge in [-0.05, 0) is 17.5 Å². The van der Waals surface area contributed by atoms with Crippen molar-refractivity contribution in [3.63, 3.8) is 0 Å². The molecule has 0 atom stereocenters. The van der Waals surface area contributed by atoms with Gasteiger partial charge in [0.2, 0.25) is 0 Å². The first-order valence-corrected chi connectivity index (χ1v) is 7.39. The maximum absolute atomic E-state index is 13.0. The minimum atomic E-state index is -6.56. The summed E-state index contributed by atoms with van der Waals surface area (Å²) in [5, 5.41) is 18.7. The monoisotopic (exact) mass is 452 g/mol. The van der Waals surface area contributed by atoms with Gasteiger partial charge in [0.25, 0.3) is 11.2 Å². The molecule has 1 rings (SSSR count). The molecule has 0 fully saturated rings. The minimum absolute atomic E-state index is 0.0255. The molecule has 0 aromatic heterocycles. The summed E-state index contributed by atoms with van der Waals surface area (Å²) in [5.41, 5.74) is -17.2. The summed E-state index contributed by atoms with van der Waals surface area (Å²) in [6.07, 6.45) is -26.3. The Labute approximate surface area is 154 Å². The molecule has 0 saturated heterocycles. The van der Waals surface area contributed by atoms with Crippen LogP contribution in [0.15, 0.2) is 18.2 Å². The molecule has 0 radical (unpaired) electrons. The van der Waals surface area contributed by atoms with Crippen molar-refractivity contribution < 1.29 is 62.9 Å². The average Bonchev–Trinajstić information content (AvgIpc) is 2.48. The second-order valence-corrected chi connectivity index (χ2v) is 6.41. The average molecular weight is 452 g/mol. The zero-order valence-electron chi connectivity index (χ0n) is 14.2. The van der Waals surface area contributed by atoms with E-state index >= 15 is 0 Å². The van der Waals surface area contributed by atoms with Crippen molar-refractivity contribution in [1.29, 1.82) is 0 Å². The fourth-order valence-corrected chi connectivity index (χ4v) is 2.38. The molecule has 14 heteroatoms. The largest absolute Gasteiger partial charge is 0.430 e. The highest BCUT2D eigenvalue weighted by atomic mass is 19.4. The molecule has 168 valence electrons. The zero-order chi connectivity index (χ0) is 23.4. The molecule has 0 bridgehead atoms. The van der Waals surface area contributed by atoms with E-state index in [1.165, 1.54) is 0 Å². The summed E-state index contributed by atoms with van der Waals surface area (Å²) in [7, 11) is 0. The molecule has 0 aliphatic rings. The molecular weight excluding hydrogens is 440 g/mol. The van der Waals surface area contributed by atoms with Gasteiger partial charge in [0, 0.05) is 11.1 Å². The molecule has 1 aromatic carbocycles. The van der Waals surface area contributed by atoms with E-state index in [-0.39, 0.29) is 12.1 Å². The summed E-state index contributed by atoms with van der Waals surface area (Å²) in [4.78, 5) is 0. The highest BCUT2D eigenvalue weighted by molar-refractivity contribution is 5.41. The van der Waals surface area contributed by atoms with E-state index in [4.69, 9.17) is 0 Å². The van der Waals surface area contributed by atoms with Crippen molar-refractivity contribution in [2.75, 3.05) is 0 Å². The lowest BCUT2D eigenvalue weighted by atomic mass is 9.82. The summed E-state index contributed by atoms with van der Waals surface area (Å²) in [5.74, 6) is -1.18. The molecule has 2 N–H and O–H groups in total. The van der Waals surface area contributed by atoms with E-state index < -0.39 is 64.6 Å². The van der Waals surface area contributed by atoms with Gasteiger partial charge < -0.3 is 10.2 Å². The quantitative estimate of drug-likeness (QED) is 0.601. The number of benzene rings is 1. The maximum atomic E-state index is 13.0. The normalized spacial score (nSPS) is 15.2. The van der Waals surface area contributed by atoms with E-state index in [9.17, 15) is 62.9 Å². The van der Waals surface area contributed by atoms with Gasteiger partial charge in [-0.3, -0.25) is 0 Å². The van der Waals surface area contributed by atoms with Crippen LogP contribution in [-0.2, 0) is 11.2 Å². The first-order valence-electron chi connectivity index (χ1n) is 7.39. The van der Waals surface area contributed by atoms with Gasteiger partial charge in [-0.1, -0.05) is 26.0 Å². The third-order valence-corrected chi connectivity index (χ3v) is 4.10. The second kappa shape index (κ2) is 6.93. The van der Waals surface area contributed by atoms with Crippen LogP contribution in [0.2, 0.25) is 0 Å². The number of alkyl halides is 12. The van der Waals surface area contributed by atoms with Crippen molar-refractivity contribution >= 4 is 0 Å². The Balaban J connectivity index is 4.10. The van der Waals surface area contributed by atoms with Crippen LogP contribution in [0, 0.1) is 0 Å². The van der Waals surface area contributed by atoms with E-state index in [2.05, 4.69) is 0 Å². The standard InChI is InChI=1S/C15H12F12O2/c1-6(2)7-3-8(10(28,12(16,17)18)13(19,20)21)5-9(4-7)11(29,14(22,23)24)15(25,26)27/h3-6,28-29H,1-2H3. The first kappa shape index (κ1) is 25.3. The van der Waals surface area contributed by atoms with Crippen LogP contribution in [0.3, 0.4) is 0 Å². The van der Waals surface area contributed by atoms with Crippen LogP contribution in [0.4, 0.5) is 52.7 Å². The Morgan fingerprint density at radius 1 is 0.552 bits per heavy atom. The number of rotatable bonds is 3. The van der Waals surface area contributed by atoms with Gasteiger partial charge in [0.1, 0.15) is 0 Å². The van der Waals surface area contributed by atoms with Crippen LogP contribution in [0.1, 0.15) is 36.5 Å². The van der Waals surface area contributed by atoms with E-state index in [1.807, 2.05) is 0 Å². The van der Waals surface area contributed by atoms with E-state index in [0.717, 1.165) is 13.8 Å². The highest BCUT2D eigenvalue weighted by Gasteiger charge is 2.74. The molecule has 0 unspecified atom stereocenters. The van der Waals surface area contributed by atoms with Crippen LogP contribution >= 0.6 is 0 Å². The number of hydrogen-bond acceptors (Lipinski definition) is 2. The molecule has 0 amide bonds. The van der Waals surface area contributed by atoms with E-state index in [0.29, 0.717) is 0 Å². The van der Waals surface area contributed by atoms with Gasteiger partial charge in [0.05, 0.1) is 0 Å². The topological polar surface area (TPSA) is 40.5 Å². The predicted octanol–water partition coefficient (Wildman–Crippen LogP) is 5.43. The Bertz CT molecular complexity index is 655. The molecule has 0 saturated carbocycles. The minimum Gasteiger partial charge on any atom is -0.369 e. The lowest BCUT2D eigenvalue weighted by Crippen LogP contribution is -2.56. The van der Waals surface area contributed by atoms with E-state index in [1.54, 1.807) is 0 Å². The van der Waals surface area contributed by atoms with Gasteiger partial charge in [0.15, 0.2) is 0 Å². The molecule has 0 aliphatic carbocycles. The number of halogens is 12. The van der Waals surface area contributed by atoms with Gasteiger partial charge >= 0.3 is 24.7 Å². The highest BCUT2D eigenvalue weighted by Crippen LogP contribution is 2.54. The molecule has 0 aliphatic heterocycles. The lowest BCUT2D eigenvalue weighted by molar-refractivity contribution is -0.378. The van der Waals surface area contributed by atoms with Crippen LogP contribution < -0.4 is 0 Å². The molecular formula is C15H12F12O2. The first-order chi connectivity index (χ1) is 12.5. The second-order valence-electron chi connectivity index (χ2n) is 6.41. The molecule has 2 nitrogen and oxygen atoms in total. The summed E-state index contributed by atoms with van der Waals surface area (Å²) < 4.78 is 156. The van der Waals surface area contributed by atoms with Gasteiger partial charge in [-0.25, -0.2) is 0 Å². The lowest BCUT2D eigenvalue weighted by Gasteiger charge is -2.36. The maximum Gasteiger partial charge on any atom is 0.430 e. The molecule has 29 heavy (non-hydrogen) atoms. The van der Waals surface area contributed by atoms with Crippen molar-refractivity contribution in [1.82, 2.24) is 0 Å². The fraction of sp³-hybridized carbons (Fsp3) is 0.600. The summed E-state index contributed by atoms with van der Waals surface area (Å²) >= 11 is 0. The predicted molar refractivity (Wildman–Crippen MR) is 72.5 cm³/mol. The van der Waals surface area contributed by atoms with Crippen molar-refractivity contribution in [3.8, 4) is 0 Å².